The van der Waals surface area contributed by atoms with Crippen LogP contribution < -0.4 is 0 Å². The summed E-state index contributed by atoms with van der Waals surface area (Å²) in [5.41, 5.74) is 0. The summed E-state index contributed by atoms with van der Waals surface area (Å²) in [4.78, 5) is 10.3. The third kappa shape index (κ3) is 18.9. The molecule has 0 heterocycles. The summed E-state index contributed by atoms with van der Waals surface area (Å²) >= 11 is 0. The van der Waals surface area contributed by atoms with E-state index in [0.29, 0.717) is 0 Å². The van der Waals surface area contributed by atoms with Crippen molar-refractivity contribution < 1.29 is 9.90 Å². The molecule has 0 amide bonds. The van der Waals surface area contributed by atoms with Gasteiger partial charge in [0.05, 0.1) is 0 Å². The van der Waals surface area contributed by atoms with Crippen LogP contribution in [0.2, 0.25) is 0 Å². The van der Waals surface area contributed by atoms with Crippen LogP contribution in [0.1, 0.15) is 96.8 Å². The van der Waals surface area contributed by atoms with Gasteiger partial charge in [0.1, 0.15) is 0 Å². The molecule has 1 N–H and O–H groups in total. The van der Waals surface area contributed by atoms with Gasteiger partial charge in [-0.25, -0.2) is 4.79 Å². The van der Waals surface area contributed by atoms with Crippen molar-refractivity contribution in [2.24, 2.45) is 0 Å². The Hall–Kier alpha value is -1.05. The van der Waals surface area contributed by atoms with Gasteiger partial charge in [-0.3, -0.25) is 0 Å². The molecule has 0 spiro atoms. The molecular weight excluding hydrogens is 272 g/mol. The van der Waals surface area contributed by atoms with Gasteiger partial charge in [0.25, 0.3) is 0 Å². The number of hydrogen-bond acceptors (Lipinski definition) is 1. The van der Waals surface area contributed by atoms with Crippen molar-refractivity contribution >= 4 is 5.97 Å². The summed E-state index contributed by atoms with van der Waals surface area (Å²) in [7, 11) is 0. The fourth-order valence-electron chi connectivity index (χ4n) is 2.52. The molecule has 0 fully saturated rings. The van der Waals surface area contributed by atoms with Gasteiger partial charge in [-0.05, 0) is 38.5 Å². The molecule has 0 rings (SSSR count). The molecule has 0 bridgehead atoms. The van der Waals surface area contributed by atoms with Crippen LogP contribution in [0.4, 0.5) is 0 Å². The maximum absolute atomic E-state index is 10.3. The lowest BCUT2D eigenvalue weighted by atomic mass is 10.1. The van der Waals surface area contributed by atoms with E-state index in [1.165, 1.54) is 83.1 Å². The smallest absolute Gasteiger partial charge is 0.327 e. The molecule has 2 heteroatoms. The number of carboxylic acids is 1. The zero-order valence-electron chi connectivity index (χ0n) is 14.6. The van der Waals surface area contributed by atoms with E-state index in [1.54, 1.807) is 6.08 Å². The van der Waals surface area contributed by atoms with Gasteiger partial charge in [-0.15, -0.1) is 0 Å². The lowest BCUT2D eigenvalue weighted by Gasteiger charge is -2.00. The predicted octanol–water partition coefficient (Wildman–Crippen LogP) is 6.66. The Kier molecular flexibility index (Phi) is 17.1. The van der Waals surface area contributed by atoms with Crippen LogP contribution in [0.3, 0.4) is 0 Å². The minimum atomic E-state index is -0.838. The number of aliphatic carboxylic acids is 1. The number of carboxylic acid groups (broad SMARTS) is 1. The fraction of sp³-hybridized carbons (Fsp3) is 0.750. The van der Waals surface area contributed by atoms with Crippen LogP contribution in [0.5, 0.6) is 0 Å². The highest BCUT2D eigenvalue weighted by atomic mass is 16.4. The van der Waals surface area contributed by atoms with Gasteiger partial charge in [0, 0.05) is 6.08 Å². The quantitative estimate of drug-likeness (QED) is 0.196. The average molecular weight is 309 g/mol. The molecule has 0 aromatic heterocycles. The van der Waals surface area contributed by atoms with E-state index in [-0.39, 0.29) is 0 Å². The molecule has 0 aliphatic rings. The van der Waals surface area contributed by atoms with Crippen LogP contribution in [-0.4, -0.2) is 11.1 Å². The SMILES string of the molecule is CCCCCCC=CCCCCCCCCC/C=C\C(=O)O. The zero-order valence-corrected chi connectivity index (χ0v) is 14.6. The highest BCUT2D eigenvalue weighted by Gasteiger charge is 1.91. The molecule has 0 aliphatic heterocycles. The summed E-state index contributed by atoms with van der Waals surface area (Å²) in [6.07, 6.45) is 25.5. The summed E-state index contributed by atoms with van der Waals surface area (Å²) in [6, 6.07) is 0. The second-order valence-electron chi connectivity index (χ2n) is 6.11. The van der Waals surface area contributed by atoms with Crippen LogP contribution in [-0.2, 0) is 4.79 Å². The number of hydrogen-bond donors (Lipinski definition) is 1. The van der Waals surface area contributed by atoms with Gasteiger partial charge >= 0.3 is 5.97 Å². The Morgan fingerprint density at radius 3 is 1.55 bits per heavy atom. The van der Waals surface area contributed by atoms with E-state index in [4.69, 9.17) is 5.11 Å². The van der Waals surface area contributed by atoms with Crippen LogP contribution in [0, 0.1) is 0 Å². The Bertz CT molecular complexity index is 292. The van der Waals surface area contributed by atoms with E-state index in [9.17, 15) is 4.79 Å². The molecule has 128 valence electrons. The van der Waals surface area contributed by atoms with Crippen molar-refractivity contribution in [1.29, 1.82) is 0 Å². The molecule has 0 aromatic rings. The van der Waals surface area contributed by atoms with Gasteiger partial charge in [-0.2, -0.15) is 0 Å². The molecule has 2 nitrogen and oxygen atoms in total. The molecule has 22 heavy (non-hydrogen) atoms. The fourth-order valence-corrected chi connectivity index (χ4v) is 2.52. The summed E-state index contributed by atoms with van der Waals surface area (Å²) < 4.78 is 0. The molecule has 0 aromatic carbocycles. The first-order chi connectivity index (χ1) is 10.8. The second-order valence-corrected chi connectivity index (χ2v) is 6.11. The Morgan fingerprint density at radius 2 is 1.09 bits per heavy atom. The van der Waals surface area contributed by atoms with E-state index < -0.39 is 5.97 Å². The van der Waals surface area contributed by atoms with Gasteiger partial charge in [0.2, 0.25) is 0 Å². The second kappa shape index (κ2) is 18.0. The van der Waals surface area contributed by atoms with E-state index in [1.807, 2.05) is 0 Å². The van der Waals surface area contributed by atoms with Crippen molar-refractivity contribution in [3.63, 3.8) is 0 Å². The first-order valence-corrected chi connectivity index (χ1v) is 9.31. The third-order valence-corrected chi connectivity index (χ3v) is 3.89. The lowest BCUT2D eigenvalue weighted by molar-refractivity contribution is -0.131. The van der Waals surface area contributed by atoms with Crippen molar-refractivity contribution in [2.75, 3.05) is 0 Å². The molecule has 0 atom stereocenters. The number of allylic oxidation sites excluding steroid dienone is 3. The van der Waals surface area contributed by atoms with Crippen LogP contribution >= 0.6 is 0 Å². The molecule has 0 saturated carbocycles. The minimum absolute atomic E-state index is 0.838. The third-order valence-electron chi connectivity index (χ3n) is 3.89. The largest absolute Gasteiger partial charge is 0.478 e. The highest BCUT2D eigenvalue weighted by Crippen LogP contribution is 2.10. The zero-order chi connectivity index (χ0) is 16.3. The Balaban J connectivity index is 3.11. The van der Waals surface area contributed by atoms with Crippen molar-refractivity contribution in [3.8, 4) is 0 Å². The van der Waals surface area contributed by atoms with Gasteiger partial charge in [-0.1, -0.05) is 76.5 Å². The lowest BCUT2D eigenvalue weighted by Crippen LogP contribution is -1.85. The van der Waals surface area contributed by atoms with Crippen molar-refractivity contribution in [3.05, 3.63) is 24.3 Å². The van der Waals surface area contributed by atoms with Crippen molar-refractivity contribution in [2.45, 2.75) is 96.8 Å². The maximum Gasteiger partial charge on any atom is 0.327 e. The molecule has 0 unspecified atom stereocenters. The van der Waals surface area contributed by atoms with E-state index in [0.717, 1.165) is 12.8 Å². The highest BCUT2D eigenvalue weighted by molar-refractivity contribution is 5.79. The predicted molar refractivity (Wildman–Crippen MR) is 96.2 cm³/mol. The summed E-state index contributed by atoms with van der Waals surface area (Å²) in [5.74, 6) is -0.838. The Labute approximate surface area is 137 Å². The standard InChI is InChI=1S/C20H36O2/c1-2-3-4-5-6-7-8-9-10-11-12-13-14-15-16-17-18-19-20(21)22/h7-8,18-19H,2-6,9-17H2,1H3,(H,21,22)/b8-7?,19-18-. The molecule has 0 saturated heterocycles. The normalized spacial score (nSPS) is 11.7. The van der Waals surface area contributed by atoms with Crippen LogP contribution in [0.25, 0.3) is 0 Å². The van der Waals surface area contributed by atoms with Gasteiger partial charge < -0.3 is 5.11 Å². The van der Waals surface area contributed by atoms with E-state index in [2.05, 4.69) is 19.1 Å². The maximum atomic E-state index is 10.3. The molecule has 0 radical (unpaired) electrons. The first kappa shape index (κ1) is 20.9. The molecular formula is C20H36O2. The minimum Gasteiger partial charge on any atom is -0.478 e. The monoisotopic (exact) mass is 308 g/mol. The van der Waals surface area contributed by atoms with Gasteiger partial charge in [0.15, 0.2) is 0 Å². The first-order valence-electron chi connectivity index (χ1n) is 9.31. The summed E-state index contributed by atoms with van der Waals surface area (Å²) in [6.45, 7) is 2.26. The topological polar surface area (TPSA) is 37.3 Å². The Morgan fingerprint density at radius 1 is 0.682 bits per heavy atom. The van der Waals surface area contributed by atoms with Crippen molar-refractivity contribution in [1.82, 2.24) is 0 Å². The average Bonchev–Trinajstić information content (AvgIpc) is 2.50. The number of carbonyl (C=O) groups is 1. The molecule has 0 aliphatic carbocycles. The van der Waals surface area contributed by atoms with E-state index >= 15 is 0 Å². The van der Waals surface area contributed by atoms with Crippen LogP contribution in [0.15, 0.2) is 24.3 Å². The number of rotatable bonds is 16. The summed E-state index contributed by atoms with van der Waals surface area (Å²) in [5, 5.41) is 8.45. The number of unbranched alkanes of at least 4 members (excludes halogenated alkanes) is 12.